The third kappa shape index (κ3) is 23.6. The number of carbonyl (C=O) groups excluding carboxylic acids is 4. The summed E-state index contributed by atoms with van der Waals surface area (Å²) in [7, 11) is -12.3. The largest absolute Gasteiger partial charge is 0.419 e. The predicted molar refractivity (Wildman–Crippen MR) is 458 cm³/mol. The van der Waals surface area contributed by atoms with E-state index in [-0.39, 0.29) is 129 Å². The Morgan fingerprint density at radius 2 is 0.659 bits per heavy atom. The molecule has 9 aliphatic rings. The van der Waals surface area contributed by atoms with Crippen LogP contribution in [0.4, 0.5) is 58.9 Å². The summed E-state index contributed by atoms with van der Waals surface area (Å²) in [6.45, 7) is 6.85. The van der Waals surface area contributed by atoms with Crippen LogP contribution in [-0.2, 0) is 70.9 Å². The number of halogens is 10. The third-order valence-corrected chi connectivity index (χ3v) is 33.7. The van der Waals surface area contributed by atoms with Crippen molar-refractivity contribution in [2.24, 2.45) is 23.7 Å². The van der Waals surface area contributed by atoms with E-state index in [2.05, 4.69) is 44.8 Å². The first-order valence-corrected chi connectivity index (χ1v) is 50.9. The van der Waals surface area contributed by atoms with Gasteiger partial charge in [0.15, 0.2) is 0 Å². The molecule has 14 heterocycles. The summed E-state index contributed by atoms with van der Waals surface area (Å²) in [6, 6.07) is 18.2. The average Bonchev–Trinajstić information content (AvgIpc) is 1.32. The van der Waals surface area contributed by atoms with E-state index >= 15 is 0 Å². The molecule has 8 aliphatic heterocycles. The molecule has 0 radical (unpaired) electrons. The lowest BCUT2D eigenvalue weighted by molar-refractivity contribution is -0.139. The van der Waals surface area contributed by atoms with Gasteiger partial charge in [-0.3, -0.25) is 19.2 Å². The zero-order valence-corrected chi connectivity index (χ0v) is 74.7. The average molecular weight is 1910 g/mol. The van der Waals surface area contributed by atoms with Crippen LogP contribution in [0.3, 0.4) is 0 Å². The van der Waals surface area contributed by atoms with E-state index in [9.17, 15) is 88.0 Å². The topological polar surface area (TPSA) is 334 Å². The highest BCUT2D eigenvalue weighted by molar-refractivity contribution is 7.92. The highest BCUT2D eigenvalue weighted by Gasteiger charge is 2.45. The van der Waals surface area contributed by atoms with Gasteiger partial charge in [-0.25, -0.2) is 82.3 Å². The second kappa shape index (κ2) is 39.2. The van der Waals surface area contributed by atoms with E-state index in [1.54, 1.807) is 67.2 Å². The number of nitrogens with zero attached hydrogens (tertiary/aromatic N) is 16. The van der Waals surface area contributed by atoms with E-state index < -0.39 is 74.9 Å². The first-order valence-electron chi connectivity index (χ1n) is 41.2. The Bertz CT molecular complexity index is 5460. The lowest BCUT2D eigenvalue weighted by Gasteiger charge is -2.43. The fourth-order valence-electron chi connectivity index (χ4n) is 16.8. The number of hydrogen-bond donors (Lipinski definition) is 0. The van der Waals surface area contributed by atoms with Gasteiger partial charge < -0.3 is 39.2 Å². The molecule has 17 rings (SSSR count). The first kappa shape index (κ1) is 93.2. The number of amides is 4. The quantitative estimate of drug-likeness (QED) is 0.0968. The van der Waals surface area contributed by atoms with Crippen LogP contribution in [0.2, 0.25) is 8.67 Å². The summed E-state index contributed by atoms with van der Waals surface area (Å²) in [5, 5.41) is 0. The number of carbonyl (C=O) groups is 4. The number of anilines is 4. The van der Waals surface area contributed by atoms with Crippen molar-refractivity contribution in [2.75, 3.05) is 144 Å². The van der Waals surface area contributed by atoms with Gasteiger partial charge in [0.05, 0.1) is 90.0 Å². The smallest absolute Gasteiger partial charge is 0.337 e. The van der Waals surface area contributed by atoms with Gasteiger partial charge in [-0.15, -0.1) is 22.7 Å². The van der Waals surface area contributed by atoms with Crippen molar-refractivity contribution >= 4 is 133 Å². The molecule has 126 heavy (non-hydrogen) atoms. The molecule has 0 spiro atoms. The van der Waals surface area contributed by atoms with Crippen molar-refractivity contribution in [3.05, 3.63) is 186 Å². The molecule has 1 saturated carbocycles. The van der Waals surface area contributed by atoms with Crippen molar-refractivity contribution in [3.63, 3.8) is 0 Å². The monoisotopic (exact) mass is 1910 g/mol. The SMILES string of the molecule is Cc1cnc(N2CCN(C(=O)C3CCS(=O)(=O)CC3)C(c3cccc(F)c3)C2)nc1.O=C(C1CCS(=O)(=O)CC1)N1CCN(c2ncc(C(F)(F)F)cn2)C[C@@H]1c1ccc(Cl)s1.O=C(C1CCS(=O)(=O)CC1)N1CCN(c2ncc(C(F)(F)F)cn2)C[C@H]1c1ccc(Cl)s1.O=C(C1CCS(=O)(=O)CC1)N1CCN(c2ncc(C3CC3)cn2)CC1c1ccc(F)cc1. The van der Waals surface area contributed by atoms with Gasteiger partial charge in [0.1, 0.15) is 51.0 Å². The summed E-state index contributed by atoms with van der Waals surface area (Å²) < 4.78 is 200. The van der Waals surface area contributed by atoms with Crippen LogP contribution in [0, 0.1) is 42.2 Å². The number of benzene rings is 2. The minimum absolute atomic E-state index is 0.00172. The molecule has 44 heteroatoms. The maximum atomic E-state index is 13.9. The molecule has 0 bridgehead atoms. The maximum Gasteiger partial charge on any atom is 0.419 e. The van der Waals surface area contributed by atoms with E-state index in [0.717, 1.165) is 45.7 Å². The molecule has 4 amide bonds. The van der Waals surface area contributed by atoms with Crippen LogP contribution < -0.4 is 19.6 Å². The number of hydrogen-bond acceptors (Lipinski definition) is 26. The molecular weight excluding hydrogens is 1820 g/mol. The summed E-state index contributed by atoms with van der Waals surface area (Å²) >= 11 is 14.9. The van der Waals surface area contributed by atoms with Gasteiger partial charge in [-0.2, -0.15) is 26.3 Å². The van der Waals surface area contributed by atoms with E-state index in [0.29, 0.717) is 162 Å². The minimum atomic E-state index is -4.52. The van der Waals surface area contributed by atoms with Crippen LogP contribution in [0.25, 0.3) is 0 Å². The van der Waals surface area contributed by atoms with E-state index in [1.165, 1.54) is 65.3 Å². The standard InChI is InChI=1S/C23H27FN4O3S.C21H25FN4O3S.2C19H20ClF3N4O3S2/c24-20-5-3-17(4-6-20)21-15-27(23-25-13-19(14-26-23)16-1-2-16)9-10-28(21)22(29)18-7-11-32(30,31)12-8-18;1-15-12-23-21(24-13-15)25-7-8-26(19(14-25)17-3-2-4-18(22)11-17)20(27)16-5-9-30(28,29)10-6-16;2*20-16-2-1-15(31-16)14-11-26(18-24-9-13(10-25-18)19(21,22)23)5-6-27(14)17(28)12-3-7-32(29,30)8-4-12/h3-6,13-14,16,18,21H,1-2,7-12,15H2;2-4,11-13,16,19H,5-10,14H2,1H3;2*1-2,9-10,12,14H,3-8,11H2/t;;2*14-/m..10/s1. The van der Waals surface area contributed by atoms with E-state index in [1.807, 2.05) is 47.3 Å². The van der Waals surface area contributed by atoms with Crippen molar-refractivity contribution in [2.45, 2.75) is 114 Å². The van der Waals surface area contributed by atoms with Gasteiger partial charge in [0.2, 0.25) is 47.4 Å². The van der Waals surface area contributed by atoms with Gasteiger partial charge in [0, 0.05) is 162 Å². The lowest BCUT2D eigenvalue weighted by atomic mass is 9.96. The molecular formula is C82H92Cl2F8N16O12S6. The number of aryl methyl sites for hydroxylation is 1. The van der Waals surface area contributed by atoms with Gasteiger partial charge >= 0.3 is 12.4 Å². The highest BCUT2D eigenvalue weighted by Crippen LogP contribution is 2.43. The molecule has 2 aromatic carbocycles. The maximum absolute atomic E-state index is 13.9. The molecule has 2 unspecified atom stereocenters. The second-order valence-corrected chi connectivity index (χ2v) is 45.5. The molecule has 1 aliphatic carbocycles. The van der Waals surface area contributed by atoms with Crippen molar-refractivity contribution in [1.29, 1.82) is 0 Å². The Morgan fingerprint density at radius 1 is 0.357 bits per heavy atom. The highest BCUT2D eigenvalue weighted by atomic mass is 35.5. The van der Waals surface area contributed by atoms with Crippen molar-refractivity contribution in [3.8, 4) is 0 Å². The van der Waals surface area contributed by atoms with Crippen LogP contribution in [-0.4, -0.2) is 241 Å². The number of sulfone groups is 4. The molecule has 0 N–H and O–H groups in total. The van der Waals surface area contributed by atoms with Crippen LogP contribution in [0.15, 0.2) is 122 Å². The number of alkyl halides is 6. The number of aromatic nitrogens is 8. The summed E-state index contributed by atoms with van der Waals surface area (Å²) in [5.41, 5.74) is 1.84. The van der Waals surface area contributed by atoms with Crippen LogP contribution in [0.1, 0.15) is 137 Å². The first-order chi connectivity index (χ1) is 59.8. The van der Waals surface area contributed by atoms with Crippen molar-refractivity contribution < 1.29 is 88.0 Å². The Balaban J connectivity index is 0.000000136. The third-order valence-electron chi connectivity index (χ3n) is 24.1. The normalized spacial score (nSPS) is 22.6. The summed E-state index contributed by atoms with van der Waals surface area (Å²) in [5.74, 6) is 0.0177. The number of piperazine rings is 4. The summed E-state index contributed by atoms with van der Waals surface area (Å²) in [4.78, 5) is 103. The minimum Gasteiger partial charge on any atom is -0.337 e. The van der Waals surface area contributed by atoms with Crippen LogP contribution >= 0.6 is 45.9 Å². The Morgan fingerprint density at radius 3 is 0.960 bits per heavy atom. The molecule has 4 atom stereocenters. The summed E-state index contributed by atoms with van der Waals surface area (Å²) in [6.07, 6.45) is 6.22. The zero-order chi connectivity index (χ0) is 89.8. The molecule has 8 aromatic rings. The molecule has 678 valence electrons. The molecule has 9 fully saturated rings. The predicted octanol–water partition coefficient (Wildman–Crippen LogP) is 11.7. The zero-order valence-electron chi connectivity index (χ0n) is 68.2. The fourth-order valence-corrected chi connectivity index (χ4v) is 25.1. The van der Waals surface area contributed by atoms with E-state index in [4.69, 9.17) is 23.2 Å². The van der Waals surface area contributed by atoms with Gasteiger partial charge in [0.25, 0.3) is 0 Å². The second-order valence-electron chi connectivity index (χ2n) is 32.8. The molecule has 28 nitrogen and oxygen atoms in total. The van der Waals surface area contributed by atoms with Crippen LogP contribution in [0.5, 0.6) is 0 Å². The molecule has 8 saturated heterocycles. The Kier molecular flexibility index (Phi) is 29.0. The van der Waals surface area contributed by atoms with Crippen molar-refractivity contribution in [1.82, 2.24) is 59.5 Å². The lowest BCUT2D eigenvalue weighted by Crippen LogP contribution is -2.53. The van der Waals surface area contributed by atoms with Gasteiger partial charge in [-0.05, 0) is 148 Å². The Hall–Kier alpha value is -8.94. The number of rotatable bonds is 13. The number of thiophene rings is 2. The fraction of sp³-hybridized carbons (Fsp3) is 0.512. The Labute approximate surface area is 742 Å². The van der Waals surface area contributed by atoms with Gasteiger partial charge in [-0.1, -0.05) is 47.5 Å². The molecule has 6 aromatic heterocycles.